The van der Waals surface area contributed by atoms with Gasteiger partial charge in [0.15, 0.2) is 0 Å². The summed E-state index contributed by atoms with van der Waals surface area (Å²) in [7, 11) is 1.59. The Morgan fingerprint density at radius 3 is 2.84 bits per heavy atom. The number of nitrogens with zero attached hydrogens (tertiary/aromatic N) is 3. The molecule has 0 bridgehead atoms. The van der Waals surface area contributed by atoms with Crippen LogP contribution in [-0.4, -0.2) is 33.4 Å². The topological polar surface area (TPSA) is 78.2 Å². The zero-order valence-corrected chi connectivity index (χ0v) is 17.0. The molecule has 0 saturated carbocycles. The first-order chi connectivity index (χ1) is 14.9. The van der Waals surface area contributed by atoms with Crippen LogP contribution >= 0.6 is 0 Å². The predicted molar refractivity (Wildman–Crippen MR) is 109 cm³/mol. The molecule has 31 heavy (non-hydrogen) atoms. The van der Waals surface area contributed by atoms with Crippen molar-refractivity contribution in [3.63, 3.8) is 0 Å². The van der Waals surface area contributed by atoms with Gasteiger partial charge in [0.25, 0.3) is 5.91 Å². The summed E-state index contributed by atoms with van der Waals surface area (Å²) >= 11 is 0. The van der Waals surface area contributed by atoms with Crippen LogP contribution in [0.3, 0.4) is 0 Å². The van der Waals surface area contributed by atoms with Crippen LogP contribution in [0, 0.1) is 11.6 Å². The highest BCUT2D eigenvalue weighted by molar-refractivity contribution is 5.94. The minimum Gasteiger partial charge on any atom is -0.497 e. The van der Waals surface area contributed by atoms with E-state index in [0.717, 1.165) is 17.7 Å². The van der Waals surface area contributed by atoms with Crippen molar-refractivity contribution in [1.82, 2.24) is 19.7 Å². The Bertz CT molecular complexity index is 1170. The fourth-order valence-electron chi connectivity index (χ4n) is 3.76. The second kappa shape index (κ2) is 8.71. The van der Waals surface area contributed by atoms with E-state index in [0.29, 0.717) is 50.0 Å². The Morgan fingerprint density at radius 1 is 1.23 bits per heavy atom. The molecule has 1 atom stereocenters. The molecule has 1 amide bonds. The van der Waals surface area contributed by atoms with Crippen molar-refractivity contribution in [1.29, 1.82) is 0 Å². The molecule has 0 aliphatic carbocycles. The van der Waals surface area contributed by atoms with Gasteiger partial charge in [0, 0.05) is 25.1 Å². The number of aromatic nitrogens is 3. The average molecular weight is 428 g/mol. The number of aryl methyl sites for hydroxylation is 1. The molecule has 0 spiro atoms. The lowest BCUT2D eigenvalue weighted by molar-refractivity contribution is 0.0928. The van der Waals surface area contributed by atoms with Crippen molar-refractivity contribution in [2.45, 2.75) is 38.4 Å². The zero-order chi connectivity index (χ0) is 22.0. The van der Waals surface area contributed by atoms with Gasteiger partial charge in [-0.05, 0) is 42.7 Å². The standard InChI is InChI=1S/C22H22F2N4O3/c1-31-17-4-2-3-14(11-17)13-28-22(30)27-10-9-16(6-8-20(27)26-28)25-21(29)18-7-5-15(23)12-19(18)24/h2-5,7,11-12,16H,6,8-10,13H2,1H3,(H,25,29). The van der Waals surface area contributed by atoms with Gasteiger partial charge in [-0.2, -0.15) is 5.10 Å². The number of carbonyl (C=O) groups excluding carboxylic acids is 1. The lowest BCUT2D eigenvalue weighted by Gasteiger charge is -2.16. The van der Waals surface area contributed by atoms with Gasteiger partial charge in [0.05, 0.1) is 19.2 Å². The van der Waals surface area contributed by atoms with Crippen LogP contribution in [0.5, 0.6) is 5.75 Å². The van der Waals surface area contributed by atoms with Crippen LogP contribution in [-0.2, 0) is 19.5 Å². The molecule has 1 aliphatic rings. The van der Waals surface area contributed by atoms with Gasteiger partial charge in [-0.25, -0.2) is 18.3 Å². The van der Waals surface area contributed by atoms with Crippen molar-refractivity contribution in [2.24, 2.45) is 0 Å². The lowest BCUT2D eigenvalue weighted by Crippen LogP contribution is -2.36. The third kappa shape index (κ3) is 4.50. The summed E-state index contributed by atoms with van der Waals surface area (Å²) in [4.78, 5) is 25.2. The van der Waals surface area contributed by atoms with Gasteiger partial charge in [0.2, 0.25) is 0 Å². The average Bonchev–Trinajstić information content (AvgIpc) is 2.91. The van der Waals surface area contributed by atoms with Crippen molar-refractivity contribution >= 4 is 5.91 Å². The number of hydrogen-bond donors (Lipinski definition) is 1. The Balaban J connectivity index is 1.44. The molecule has 0 saturated heterocycles. The van der Waals surface area contributed by atoms with E-state index in [1.165, 1.54) is 4.68 Å². The van der Waals surface area contributed by atoms with E-state index < -0.39 is 17.5 Å². The number of rotatable bonds is 5. The number of fused-ring (bicyclic) bond motifs is 1. The molecular formula is C22H22F2N4O3. The van der Waals surface area contributed by atoms with Crippen molar-refractivity contribution in [3.05, 3.63) is 81.5 Å². The van der Waals surface area contributed by atoms with Crippen molar-refractivity contribution in [3.8, 4) is 5.75 Å². The maximum Gasteiger partial charge on any atom is 0.346 e. The van der Waals surface area contributed by atoms with Crippen molar-refractivity contribution < 1.29 is 18.3 Å². The maximum absolute atomic E-state index is 13.9. The molecule has 1 aromatic heterocycles. The lowest BCUT2D eigenvalue weighted by atomic mass is 10.1. The van der Waals surface area contributed by atoms with E-state index in [-0.39, 0.29) is 17.3 Å². The third-order valence-corrected chi connectivity index (χ3v) is 5.39. The molecule has 2 aromatic carbocycles. The molecule has 7 nitrogen and oxygen atoms in total. The SMILES string of the molecule is COc1cccc(Cn2nc3n(c2=O)CCC(NC(=O)c2ccc(F)cc2F)CC3)c1. The van der Waals surface area contributed by atoms with Gasteiger partial charge in [-0.3, -0.25) is 9.36 Å². The number of hydrogen-bond acceptors (Lipinski definition) is 4. The maximum atomic E-state index is 13.9. The highest BCUT2D eigenvalue weighted by atomic mass is 19.1. The number of nitrogens with one attached hydrogen (secondary N) is 1. The van der Waals surface area contributed by atoms with E-state index in [9.17, 15) is 18.4 Å². The summed E-state index contributed by atoms with van der Waals surface area (Å²) in [6.07, 6.45) is 1.56. The number of amides is 1. The van der Waals surface area contributed by atoms with Crippen LogP contribution < -0.4 is 15.7 Å². The van der Waals surface area contributed by atoms with E-state index >= 15 is 0 Å². The predicted octanol–water partition coefficient (Wildman–Crippen LogP) is 2.51. The first-order valence-electron chi connectivity index (χ1n) is 10.00. The van der Waals surface area contributed by atoms with Gasteiger partial charge in [-0.15, -0.1) is 0 Å². The summed E-state index contributed by atoms with van der Waals surface area (Å²) < 4.78 is 35.2. The van der Waals surface area contributed by atoms with E-state index in [1.807, 2.05) is 24.3 Å². The number of ether oxygens (including phenoxy) is 1. The fourth-order valence-corrected chi connectivity index (χ4v) is 3.76. The quantitative estimate of drug-likeness (QED) is 0.678. The van der Waals surface area contributed by atoms with Gasteiger partial charge in [0.1, 0.15) is 23.2 Å². The van der Waals surface area contributed by atoms with Gasteiger partial charge < -0.3 is 10.1 Å². The van der Waals surface area contributed by atoms with E-state index in [4.69, 9.17) is 4.74 Å². The molecule has 0 radical (unpaired) electrons. The number of halogens is 2. The third-order valence-electron chi connectivity index (χ3n) is 5.39. The summed E-state index contributed by atoms with van der Waals surface area (Å²) in [6.45, 7) is 0.725. The molecule has 1 N–H and O–H groups in total. The molecule has 0 fully saturated rings. The van der Waals surface area contributed by atoms with Crippen LogP contribution in [0.2, 0.25) is 0 Å². The van der Waals surface area contributed by atoms with Crippen LogP contribution in [0.15, 0.2) is 47.3 Å². The van der Waals surface area contributed by atoms with Crippen LogP contribution in [0.4, 0.5) is 8.78 Å². The Hall–Kier alpha value is -3.49. The summed E-state index contributed by atoms with van der Waals surface area (Å²) in [5.41, 5.74) is 0.486. The zero-order valence-electron chi connectivity index (χ0n) is 17.0. The minimum absolute atomic E-state index is 0.205. The molecule has 3 aromatic rings. The van der Waals surface area contributed by atoms with Crippen LogP contribution in [0.25, 0.3) is 0 Å². The van der Waals surface area contributed by atoms with E-state index in [2.05, 4.69) is 10.4 Å². The second-order valence-electron chi connectivity index (χ2n) is 7.48. The summed E-state index contributed by atoms with van der Waals surface area (Å²) in [5, 5.41) is 7.25. The minimum atomic E-state index is -0.903. The van der Waals surface area contributed by atoms with Crippen LogP contribution in [0.1, 0.15) is 34.6 Å². The van der Waals surface area contributed by atoms with Gasteiger partial charge >= 0.3 is 5.69 Å². The molecule has 1 unspecified atom stereocenters. The summed E-state index contributed by atoms with van der Waals surface area (Å²) in [6, 6.07) is 10.1. The summed E-state index contributed by atoms with van der Waals surface area (Å²) in [5.74, 6) is -0.878. The second-order valence-corrected chi connectivity index (χ2v) is 7.48. The molecular weight excluding hydrogens is 406 g/mol. The Morgan fingerprint density at radius 2 is 2.06 bits per heavy atom. The molecule has 162 valence electrons. The first kappa shape index (κ1) is 20.8. The molecule has 1 aliphatic heterocycles. The highest BCUT2D eigenvalue weighted by Crippen LogP contribution is 2.16. The Kier molecular flexibility index (Phi) is 5.83. The fraction of sp³-hybridized carbons (Fsp3) is 0.318. The van der Waals surface area contributed by atoms with E-state index in [1.54, 1.807) is 11.7 Å². The first-order valence-corrected chi connectivity index (χ1v) is 10.00. The van der Waals surface area contributed by atoms with Crippen molar-refractivity contribution in [2.75, 3.05) is 7.11 Å². The monoisotopic (exact) mass is 428 g/mol. The Labute approximate surface area is 177 Å². The molecule has 4 rings (SSSR count). The number of methoxy groups -OCH3 is 1. The number of benzene rings is 2. The largest absolute Gasteiger partial charge is 0.497 e. The molecule has 9 heteroatoms. The smallest absolute Gasteiger partial charge is 0.346 e. The highest BCUT2D eigenvalue weighted by Gasteiger charge is 2.23. The van der Waals surface area contributed by atoms with Gasteiger partial charge in [-0.1, -0.05) is 12.1 Å². The normalized spacial score (nSPS) is 15.8. The molecule has 2 heterocycles. The number of carbonyl (C=O) groups is 1.